The van der Waals surface area contributed by atoms with Gasteiger partial charge in [0, 0.05) is 37.8 Å². The van der Waals surface area contributed by atoms with Gasteiger partial charge in [0.25, 0.3) is 0 Å². The number of hydrogen-bond acceptors (Lipinski definition) is 8. The third-order valence-electron chi connectivity index (χ3n) is 6.92. The summed E-state index contributed by atoms with van der Waals surface area (Å²) in [7, 11) is -3.20. The Morgan fingerprint density at radius 3 is 2.49 bits per heavy atom. The van der Waals surface area contributed by atoms with Gasteiger partial charge in [0.1, 0.15) is 33.8 Å². The van der Waals surface area contributed by atoms with E-state index < -0.39 is 27.6 Å². The summed E-state index contributed by atoms with van der Waals surface area (Å²) >= 11 is 0. The van der Waals surface area contributed by atoms with Crippen LogP contribution in [-0.2, 0) is 27.4 Å². The number of nitrogens with zero attached hydrogens (tertiary/aromatic N) is 4. The molecule has 0 aliphatic heterocycles. The van der Waals surface area contributed by atoms with E-state index in [1.807, 2.05) is 0 Å². The molecule has 1 aliphatic rings. The van der Waals surface area contributed by atoms with Crippen molar-refractivity contribution >= 4 is 27.5 Å². The molecule has 3 N–H and O–H groups in total. The maximum Gasteiger partial charge on any atom is 0.416 e. The molecule has 1 saturated carbocycles. The highest BCUT2D eigenvalue weighted by Crippen LogP contribution is 2.30. The monoisotopic (exact) mass is 593 g/mol. The van der Waals surface area contributed by atoms with Crippen molar-refractivity contribution in [2.24, 2.45) is 5.92 Å². The van der Waals surface area contributed by atoms with Crippen LogP contribution in [-0.4, -0.2) is 58.4 Å². The summed E-state index contributed by atoms with van der Waals surface area (Å²) in [5, 5.41) is 9.02. The van der Waals surface area contributed by atoms with Crippen LogP contribution < -0.4 is 16.0 Å². The largest absolute Gasteiger partial charge is 0.416 e. The Hall–Kier alpha value is -3.68. The minimum atomic E-state index is -4.43. The van der Waals surface area contributed by atoms with E-state index in [0.29, 0.717) is 29.5 Å². The summed E-state index contributed by atoms with van der Waals surface area (Å²) in [5.41, 5.74) is -0.201. The number of aromatic nitrogens is 4. The van der Waals surface area contributed by atoms with Crippen molar-refractivity contribution in [2.45, 2.75) is 57.3 Å². The molecule has 1 aromatic carbocycles. The molecule has 41 heavy (non-hydrogen) atoms. The number of carbonyl (C=O) groups is 1. The lowest BCUT2D eigenvalue weighted by Gasteiger charge is -2.27. The number of rotatable bonds is 12. The number of anilines is 2. The fourth-order valence-electron chi connectivity index (χ4n) is 4.75. The van der Waals surface area contributed by atoms with Gasteiger partial charge in [-0.25, -0.2) is 13.4 Å². The Morgan fingerprint density at radius 2 is 1.85 bits per heavy atom. The van der Waals surface area contributed by atoms with Crippen molar-refractivity contribution in [3.63, 3.8) is 0 Å². The number of imidazole rings is 1. The second kappa shape index (κ2) is 13.3. The molecule has 0 spiro atoms. The van der Waals surface area contributed by atoms with Crippen molar-refractivity contribution in [3.8, 4) is 5.82 Å². The zero-order valence-electron chi connectivity index (χ0n) is 22.7. The van der Waals surface area contributed by atoms with Gasteiger partial charge in [0.05, 0.1) is 11.3 Å². The van der Waals surface area contributed by atoms with Crippen molar-refractivity contribution in [1.82, 2.24) is 24.8 Å². The molecule has 0 saturated heterocycles. The smallest absolute Gasteiger partial charge is 0.358 e. The van der Waals surface area contributed by atoms with E-state index >= 15 is 0 Å². The molecule has 1 aliphatic carbocycles. The lowest BCUT2D eigenvalue weighted by Crippen LogP contribution is -2.41. The Balaban J connectivity index is 1.52. The maximum absolute atomic E-state index is 13.4. The Labute approximate surface area is 237 Å². The number of amides is 1. The standard InChI is InChI=1S/C27H34F3N7O3S/c1-41(39,40)14-12-32-26-35-23(16-24(36-26)37-13-11-31-18-37)34-22(15-19-5-3-2-4-6-19)25(38)33-17-20-7-9-21(10-8-20)27(28,29)30/h7-11,13,16,18-19,22H,2-6,12,14-15,17H2,1H3,(H,33,38)(H2,32,34,35,36)/t22-/m1/s1. The second-order valence-electron chi connectivity index (χ2n) is 10.3. The van der Waals surface area contributed by atoms with E-state index in [0.717, 1.165) is 50.5 Å². The van der Waals surface area contributed by atoms with Crippen LogP contribution in [0.1, 0.15) is 49.7 Å². The van der Waals surface area contributed by atoms with E-state index in [1.165, 1.54) is 12.1 Å². The summed E-state index contributed by atoms with van der Waals surface area (Å²) in [6.07, 6.45) is 7.48. The van der Waals surface area contributed by atoms with E-state index in [2.05, 4.69) is 30.9 Å². The van der Waals surface area contributed by atoms with Crippen molar-refractivity contribution in [1.29, 1.82) is 0 Å². The van der Waals surface area contributed by atoms with Gasteiger partial charge in [-0.05, 0) is 30.0 Å². The number of nitrogens with one attached hydrogen (secondary N) is 3. The van der Waals surface area contributed by atoms with Gasteiger partial charge in [0.2, 0.25) is 11.9 Å². The Kier molecular flexibility index (Phi) is 9.84. The molecule has 1 amide bonds. The van der Waals surface area contributed by atoms with Crippen molar-refractivity contribution < 1.29 is 26.4 Å². The van der Waals surface area contributed by atoms with Gasteiger partial charge >= 0.3 is 6.18 Å². The van der Waals surface area contributed by atoms with Crippen molar-refractivity contribution in [2.75, 3.05) is 29.2 Å². The molecule has 1 fully saturated rings. The number of alkyl halides is 3. The molecule has 0 unspecified atom stereocenters. The summed E-state index contributed by atoms with van der Waals surface area (Å²) in [5.74, 6) is 0.930. The first-order valence-electron chi connectivity index (χ1n) is 13.5. The first-order valence-corrected chi connectivity index (χ1v) is 15.5. The third kappa shape index (κ3) is 9.44. The molecule has 2 heterocycles. The summed E-state index contributed by atoms with van der Waals surface area (Å²) in [6, 6.07) is 5.69. The van der Waals surface area contributed by atoms with Gasteiger partial charge in [-0.15, -0.1) is 0 Å². The Morgan fingerprint density at radius 1 is 1.12 bits per heavy atom. The highest BCUT2D eigenvalue weighted by Gasteiger charge is 2.30. The quantitative estimate of drug-likeness (QED) is 0.285. The van der Waals surface area contributed by atoms with Crippen LogP contribution in [0.5, 0.6) is 0 Å². The number of carbonyl (C=O) groups excluding carboxylic acids is 1. The minimum Gasteiger partial charge on any atom is -0.358 e. The molecule has 3 aromatic rings. The molecule has 2 aromatic heterocycles. The van der Waals surface area contributed by atoms with Crippen molar-refractivity contribution in [3.05, 3.63) is 60.2 Å². The first kappa shape index (κ1) is 30.3. The molecule has 14 heteroatoms. The van der Waals surface area contributed by atoms with Gasteiger partial charge in [-0.2, -0.15) is 23.1 Å². The zero-order chi connectivity index (χ0) is 29.5. The normalized spacial score (nSPS) is 15.3. The van der Waals surface area contributed by atoms with Gasteiger partial charge in [-0.1, -0.05) is 44.2 Å². The number of hydrogen-bond donors (Lipinski definition) is 3. The topological polar surface area (TPSA) is 131 Å². The van der Waals surface area contributed by atoms with Crippen LogP contribution in [0.15, 0.2) is 49.1 Å². The zero-order valence-corrected chi connectivity index (χ0v) is 23.5. The third-order valence-corrected chi connectivity index (χ3v) is 7.86. The van der Waals surface area contributed by atoms with Gasteiger partial charge < -0.3 is 16.0 Å². The molecule has 0 bridgehead atoms. The molecule has 4 rings (SSSR count). The average molecular weight is 594 g/mol. The van der Waals surface area contributed by atoms with Crippen LogP contribution in [0, 0.1) is 5.92 Å². The molecule has 0 radical (unpaired) electrons. The predicted molar refractivity (Wildman–Crippen MR) is 149 cm³/mol. The van der Waals surface area contributed by atoms with Crippen LogP contribution in [0.3, 0.4) is 0 Å². The highest BCUT2D eigenvalue weighted by atomic mass is 32.2. The number of sulfone groups is 1. The fourth-order valence-corrected chi connectivity index (χ4v) is 5.23. The summed E-state index contributed by atoms with van der Waals surface area (Å²) in [6.45, 7) is 0.174. The average Bonchev–Trinajstić information content (AvgIpc) is 3.46. The van der Waals surface area contributed by atoms with E-state index in [-0.39, 0.29) is 30.7 Å². The minimum absolute atomic E-state index is 0.0716. The maximum atomic E-state index is 13.4. The molecule has 222 valence electrons. The van der Waals surface area contributed by atoms with Crippen LogP contribution in [0.25, 0.3) is 5.82 Å². The summed E-state index contributed by atoms with van der Waals surface area (Å²) < 4.78 is 63.6. The Bertz CT molecular complexity index is 1390. The van der Waals surface area contributed by atoms with Crippen LogP contribution in [0.4, 0.5) is 24.9 Å². The molecule has 10 nitrogen and oxygen atoms in total. The predicted octanol–water partition coefficient (Wildman–Crippen LogP) is 4.20. The van der Waals surface area contributed by atoms with Gasteiger partial charge in [-0.3, -0.25) is 9.36 Å². The van der Waals surface area contributed by atoms with E-state index in [9.17, 15) is 26.4 Å². The van der Waals surface area contributed by atoms with Gasteiger partial charge in [0.15, 0.2) is 0 Å². The molecule has 1 atom stereocenters. The SMILES string of the molecule is CS(=O)(=O)CCNc1nc(N[C@H](CC2CCCCC2)C(=O)NCc2ccc(C(F)(F)F)cc2)cc(-n2ccnc2)n1. The molecular formula is C27H34F3N7O3S. The summed E-state index contributed by atoms with van der Waals surface area (Å²) in [4.78, 5) is 26.4. The highest BCUT2D eigenvalue weighted by molar-refractivity contribution is 7.90. The first-order chi connectivity index (χ1) is 19.5. The van der Waals surface area contributed by atoms with Crippen LogP contribution in [0.2, 0.25) is 0 Å². The number of benzene rings is 1. The van der Waals surface area contributed by atoms with E-state index in [1.54, 1.807) is 29.4 Å². The van der Waals surface area contributed by atoms with E-state index in [4.69, 9.17) is 0 Å². The molecular weight excluding hydrogens is 559 g/mol. The number of halogens is 3. The van der Waals surface area contributed by atoms with Crippen LogP contribution >= 0.6 is 0 Å². The lowest BCUT2D eigenvalue weighted by molar-refractivity contribution is -0.137. The fraction of sp³-hybridized carbons (Fsp3) is 0.481. The second-order valence-corrected chi connectivity index (χ2v) is 12.6. The lowest BCUT2D eigenvalue weighted by atomic mass is 9.84.